The molecule has 1 rings (SSSR count). The lowest BCUT2D eigenvalue weighted by atomic mass is 10.2. The number of rotatable bonds is 1. The van der Waals surface area contributed by atoms with E-state index in [1.807, 2.05) is 0 Å². The third-order valence-corrected chi connectivity index (χ3v) is 1.13. The minimum absolute atomic E-state index is 1.17. The normalized spacial score (nSPS) is 29.7. The van der Waals surface area contributed by atoms with Crippen LogP contribution < -0.4 is 11.1 Å². The van der Waals surface area contributed by atoms with E-state index in [4.69, 9.17) is 10.8 Å². The molecule has 1 unspecified atom stereocenters. The third kappa shape index (κ3) is 0.985. The van der Waals surface area contributed by atoms with Crippen LogP contribution in [0.25, 0.3) is 0 Å². The molecule has 1 aliphatic rings. The summed E-state index contributed by atoms with van der Waals surface area (Å²) in [5.74, 6) is -1.17. The van der Waals surface area contributed by atoms with Gasteiger partial charge in [0.15, 0.2) is 0 Å². The van der Waals surface area contributed by atoms with Crippen LogP contribution in [0.3, 0.4) is 0 Å². The molecule has 0 radical (unpaired) electrons. The third-order valence-electron chi connectivity index (χ3n) is 1.13. The van der Waals surface area contributed by atoms with Crippen molar-refractivity contribution >= 4 is 12.3 Å². The standard InChI is InChI=1S/C5H7N3O2/c6-5(4(9)10)1-2-7-3-8-5/h1-3H,6H2,(H,7,8)(H,9,10). The molecule has 5 heteroatoms. The number of nitrogens with zero attached hydrogens (tertiary/aromatic N) is 1. The summed E-state index contributed by atoms with van der Waals surface area (Å²) in [4.78, 5) is 13.9. The second kappa shape index (κ2) is 2.11. The SMILES string of the molecule is NC1(C(=O)O)C=CNC=N1. The number of nitrogens with two attached hydrogens (primary N) is 1. The van der Waals surface area contributed by atoms with Gasteiger partial charge in [0.05, 0.1) is 6.34 Å². The number of carboxylic acids is 1. The summed E-state index contributed by atoms with van der Waals surface area (Å²) >= 11 is 0. The highest BCUT2D eigenvalue weighted by Gasteiger charge is 2.30. The van der Waals surface area contributed by atoms with Crippen molar-refractivity contribution in [2.75, 3.05) is 0 Å². The van der Waals surface area contributed by atoms with Crippen molar-refractivity contribution in [1.29, 1.82) is 0 Å². The van der Waals surface area contributed by atoms with E-state index >= 15 is 0 Å². The van der Waals surface area contributed by atoms with Crippen LogP contribution in [0.5, 0.6) is 0 Å². The fourth-order valence-corrected chi connectivity index (χ4v) is 0.532. The van der Waals surface area contributed by atoms with E-state index in [2.05, 4.69) is 10.3 Å². The van der Waals surface area contributed by atoms with Gasteiger partial charge in [0.25, 0.3) is 0 Å². The van der Waals surface area contributed by atoms with E-state index in [0.717, 1.165) is 0 Å². The second-order valence-electron chi connectivity index (χ2n) is 1.89. The van der Waals surface area contributed by atoms with Crippen LogP contribution >= 0.6 is 0 Å². The van der Waals surface area contributed by atoms with E-state index in [1.54, 1.807) is 0 Å². The van der Waals surface area contributed by atoms with Crippen LogP contribution in [0.15, 0.2) is 17.3 Å². The average molecular weight is 141 g/mol. The molecule has 5 nitrogen and oxygen atoms in total. The van der Waals surface area contributed by atoms with Crippen LogP contribution in [0, 0.1) is 0 Å². The van der Waals surface area contributed by atoms with E-state index < -0.39 is 11.6 Å². The molecule has 1 heterocycles. The highest BCUT2D eigenvalue weighted by molar-refractivity contribution is 5.83. The van der Waals surface area contributed by atoms with Crippen molar-refractivity contribution in [3.8, 4) is 0 Å². The maximum absolute atomic E-state index is 10.4. The number of hydrogen-bond acceptors (Lipinski definition) is 4. The van der Waals surface area contributed by atoms with E-state index in [9.17, 15) is 4.79 Å². The lowest BCUT2D eigenvalue weighted by molar-refractivity contribution is -0.141. The van der Waals surface area contributed by atoms with Gasteiger partial charge in [-0.25, -0.2) is 9.79 Å². The predicted molar refractivity (Wildman–Crippen MR) is 35.3 cm³/mol. The van der Waals surface area contributed by atoms with E-state index in [0.29, 0.717) is 0 Å². The maximum atomic E-state index is 10.4. The molecule has 0 aromatic heterocycles. The molecule has 0 bridgehead atoms. The van der Waals surface area contributed by atoms with Crippen LogP contribution in [-0.2, 0) is 4.79 Å². The lowest BCUT2D eigenvalue weighted by Gasteiger charge is -2.17. The first-order valence-electron chi connectivity index (χ1n) is 2.65. The number of aliphatic carboxylic acids is 1. The van der Waals surface area contributed by atoms with Crippen molar-refractivity contribution in [3.05, 3.63) is 12.3 Å². The van der Waals surface area contributed by atoms with Gasteiger partial charge in [-0.05, 0) is 6.08 Å². The molecule has 0 aromatic rings. The van der Waals surface area contributed by atoms with Crippen LogP contribution in [-0.4, -0.2) is 23.1 Å². The highest BCUT2D eigenvalue weighted by Crippen LogP contribution is 2.05. The Morgan fingerprint density at radius 3 is 2.80 bits per heavy atom. The van der Waals surface area contributed by atoms with Crippen molar-refractivity contribution < 1.29 is 9.90 Å². The molecule has 0 saturated carbocycles. The average Bonchev–Trinajstić information content (AvgIpc) is 1.89. The van der Waals surface area contributed by atoms with Gasteiger partial charge >= 0.3 is 5.97 Å². The van der Waals surface area contributed by atoms with Crippen LogP contribution in [0.4, 0.5) is 0 Å². The summed E-state index contributed by atoms with van der Waals surface area (Å²) < 4.78 is 0. The Morgan fingerprint density at radius 1 is 1.80 bits per heavy atom. The predicted octanol–water partition coefficient (Wildman–Crippen LogP) is -1.13. The number of hydrogen-bond donors (Lipinski definition) is 3. The first-order valence-corrected chi connectivity index (χ1v) is 2.65. The summed E-state index contributed by atoms with van der Waals surface area (Å²) in [5, 5.41) is 11.1. The number of aliphatic imine (C=N–C) groups is 1. The van der Waals surface area contributed by atoms with Gasteiger partial charge in [0, 0.05) is 6.20 Å². The van der Waals surface area contributed by atoms with Crippen molar-refractivity contribution in [1.82, 2.24) is 5.32 Å². The monoisotopic (exact) mass is 141 g/mol. The highest BCUT2D eigenvalue weighted by atomic mass is 16.4. The van der Waals surface area contributed by atoms with Gasteiger partial charge in [-0.15, -0.1) is 0 Å². The minimum atomic E-state index is -1.58. The Labute approximate surface area is 57.2 Å². The minimum Gasteiger partial charge on any atom is -0.478 e. The van der Waals surface area contributed by atoms with Gasteiger partial charge in [-0.1, -0.05) is 0 Å². The molecule has 0 saturated heterocycles. The molecule has 1 aliphatic heterocycles. The summed E-state index contributed by atoms with van der Waals surface area (Å²) in [7, 11) is 0. The van der Waals surface area contributed by atoms with Crippen LogP contribution in [0.1, 0.15) is 0 Å². The number of carbonyl (C=O) groups is 1. The maximum Gasteiger partial charge on any atom is 0.350 e. The molecule has 0 aromatic carbocycles. The van der Waals surface area contributed by atoms with Gasteiger partial charge in [0.1, 0.15) is 0 Å². The van der Waals surface area contributed by atoms with Gasteiger partial charge in [-0.3, -0.25) is 5.73 Å². The summed E-state index contributed by atoms with van der Waals surface area (Å²) in [6.07, 6.45) is 3.95. The summed E-state index contributed by atoms with van der Waals surface area (Å²) in [6.45, 7) is 0. The Hall–Kier alpha value is -1.36. The van der Waals surface area contributed by atoms with Crippen molar-refractivity contribution in [2.45, 2.75) is 5.66 Å². The molecular formula is C5H7N3O2. The zero-order valence-corrected chi connectivity index (χ0v) is 5.11. The lowest BCUT2D eigenvalue weighted by Crippen LogP contribution is -2.46. The zero-order chi connectivity index (χ0) is 7.61. The molecule has 4 N–H and O–H groups in total. The van der Waals surface area contributed by atoms with E-state index in [1.165, 1.54) is 18.6 Å². The number of nitrogens with one attached hydrogen (secondary N) is 1. The fraction of sp³-hybridized carbons (Fsp3) is 0.200. The Morgan fingerprint density at radius 2 is 2.50 bits per heavy atom. The second-order valence-corrected chi connectivity index (χ2v) is 1.89. The molecular weight excluding hydrogens is 134 g/mol. The topological polar surface area (TPSA) is 87.7 Å². The first kappa shape index (κ1) is 6.76. The van der Waals surface area contributed by atoms with E-state index in [-0.39, 0.29) is 0 Å². The first-order chi connectivity index (χ1) is 4.65. The van der Waals surface area contributed by atoms with Crippen molar-refractivity contribution in [2.24, 2.45) is 10.7 Å². The molecule has 1 atom stereocenters. The van der Waals surface area contributed by atoms with Crippen LogP contribution in [0.2, 0.25) is 0 Å². The summed E-state index contributed by atoms with van der Waals surface area (Å²) in [6, 6.07) is 0. The Bertz CT molecular complexity index is 197. The molecule has 0 fully saturated rings. The zero-order valence-electron chi connectivity index (χ0n) is 5.11. The largest absolute Gasteiger partial charge is 0.478 e. The van der Waals surface area contributed by atoms with Crippen molar-refractivity contribution in [3.63, 3.8) is 0 Å². The van der Waals surface area contributed by atoms with Gasteiger partial charge in [0.2, 0.25) is 5.66 Å². The molecule has 10 heavy (non-hydrogen) atoms. The Balaban J connectivity index is 2.85. The summed E-state index contributed by atoms with van der Waals surface area (Å²) in [5.41, 5.74) is 3.70. The smallest absolute Gasteiger partial charge is 0.350 e. The number of carboxylic acid groups (broad SMARTS) is 1. The van der Waals surface area contributed by atoms with Gasteiger partial charge < -0.3 is 10.4 Å². The molecule has 0 aliphatic carbocycles. The molecule has 0 amide bonds. The molecule has 0 spiro atoms. The fourth-order valence-electron chi connectivity index (χ4n) is 0.532. The quantitative estimate of drug-likeness (QED) is 0.431. The Kier molecular flexibility index (Phi) is 1.42. The molecule has 54 valence electrons. The van der Waals surface area contributed by atoms with Gasteiger partial charge in [-0.2, -0.15) is 0 Å².